The summed E-state index contributed by atoms with van der Waals surface area (Å²) in [5, 5.41) is 12.9. The SMILES string of the molecule is COc1ccc(CNC(=O)[C@@H](C#N)c2nc3ccccc3nc2N2C[C@H](C)C[C@H](C)C2)cc1. The van der Waals surface area contributed by atoms with Gasteiger partial charge in [-0.25, -0.2) is 9.97 Å². The third kappa shape index (κ3) is 5.06. The summed E-state index contributed by atoms with van der Waals surface area (Å²) in [5.41, 5.74) is 2.78. The van der Waals surface area contributed by atoms with Crippen LogP contribution in [0.2, 0.25) is 0 Å². The maximum atomic E-state index is 13.1. The normalized spacial score (nSPS) is 19.0. The van der Waals surface area contributed by atoms with E-state index in [1.165, 1.54) is 0 Å². The Kier molecular flexibility index (Phi) is 6.74. The number of piperidine rings is 1. The molecule has 3 aromatic rings. The molecule has 0 bridgehead atoms. The van der Waals surface area contributed by atoms with Gasteiger partial charge < -0.3 is 15.0 Å². The average Bonchev–Trinajstić information content (AvgIpc) is 2.82. The zero-order valence-corrected chi connectivity index (χ0v) is 19.3. The van der Waals surface area contributed by atoms with Gasteiger partial charge in [0.05, 0.1) is 24.2 Å². The Labute approximate surface area is 194 Å². The van der Waals surface area contributed by atoms with Gasteiger partial charge in [-0.3, -0.25) is 4.79 Å². The number of carbonyl (C=O) groups is 1. The number of benzene rings is 2. The van der Waals surface area contributed by atoms with E-state index in [2.05, 4.69) is 30.1 Å². The van der Waals surface area contributed by atoms with E-state index in [4.69, 9.17) is 14.7 Å². The monoisotopic (exact) mass is 443 g/mol. The number of carbonyl (C=O) groups excluding carboxylic acids is 1. The number of nitrogens with one attached hydrogen (secondary N) is 1. The molecule has 33 heavy (non-hydrogen) atoms. The molecule has 0 unspecified atom stereocenters. The second kappa shape index (κ2) is 9.86. The van der Waals surface area contributed by atoms with Crippen molar-refractivity contribution in [2.24, 2.45) is 11.8 Å². The fraction of sp³-hybridized carbons (Fsp3) is 0.385. The van der Waals surface area contributed by atoms with Crippen molar-refractivity contribution in [1.29, 1.82) is 5.26 Å². The lowest BCUT2D eigenvalue weighted by molar-refractivity contribution is -0.121. The van der Waals surface area contributed by atoms with Gasteiger partial charge in [0.1, 0.15) is 11.4 Å². The van der Waals surface area contributed by atoms with Crippen molar-refractivity contribution >= 4 is 22.8 Å². The highest BCUT2D eigenvalue weighted by Crippen LogP contribution is 2.32. The van der Waals surface area contributed by atoms with Crippen LogP contribution >= 0.6 is 0 Å². The van der Waals surface area contributed by atoms with Gasteiger partial charge in [0.25, 0.3) is 0 Å². The first-order chi connectivity index (χ1) is 16.0. The molecular weight excluding hydrogens is 414 g/mol. The minimum absolute atomic E-state index is 0.315. The molecule has 1 aliphatic heterocycles. The number of methoxy groups -OCH3 is 1. The number of amides is 1. The molecule has 2 heterocycles. The van der Waals surface area contributed by atoms with Crippen molar-refractivity contribution < 1.29 is 9.53 Å². The maximum absolute atomic E-state index is 13.1. The van der Waals surface area contributed by atoms with Crippen molar-refractivity contribution in [3.63, 3.8) is 0 Å². The number of nitriles is 1. The van der Waals surface area contributed by atoms with Gasteiger partial charge in [-0.05, 0) is 48.1 Å². The number of aromatic nitrogens is 2. The lowest BCUT2D eigenvalue weighted by atomic mass is 9.91. The van der Waals surface area contributed by atoms with Crippen LogP contribution in [-0.2, 0) is 11.3 Å². The van der Waals surface area contributed by atoms with Crippen LogP contribution in [0.15, 0.2) is 48.5 Å². The van der Waals surface area contributed by atoms with Gasteiger partial charge in [0.15, 0.2) is 11.7 Å². The van der Waals surface area contributed by atoms with Crippen LogP contribution in [0.4, 0.5) is 5.82 Å². The van der Waals surface area contributed by atoms with E-state index in [1.54, 1.807) is 7.11 Å². The minimum atomic E-state index is -1.05. The molecule has 1 amide bonds. The van der Waals surface area contributed by atoms with Gasteiger partial charge in [-0.15, -0.1) is 0 Å². The number of fused-ring (bicyclic) bond motifs is 1. The smallest absolute Gasteiger partial charge is 0.243 e. The summed E-state index contributed by atoms with van der Waals surface area (Å²) in [6, 6.07) is 17.2. The van der Waals surface area contributed by atoms with E-state index in [9.17, 15) is 10.1 Å². The third-order valence-corrected chi connectivity index (χ3v) is 6.04. The molecule has 2 aromatic carbocycles. The highest BCUT2D eigenvalue weighted by atomic mass is 16.5. The quantitative estimate of drug-likeness (QED) is 0.618. The van der Waals surface area contributed by atoms with Crippen LogP contribution in [0.5, 0.6) is 5.75 Å². The molecule has 1 N–H and O–H groups in total. The van der Waals surface area contributed by atoms with Crippen LogP contribution in [-0.4, -0.2) is 36.1 Å². The molecule has 7 nitrogen and oxygen atoms in total. The van der Waals surface area contributed by atoms with Crippen molar-refractivity contribution in [3.05, 3.63) is 59.8 Å². The molecule has 1 fully saturated rings. The van der Waals surface area contributed by atoms with Crippen molar-refractivity contribution in [1.82, 2.24) is 15.3 Å². The second-order valence-corrected chi connectivity index (χ2v) is 8.90. The van der Waals surface area contributed by atoms with E-state index in [-0.39, 0.29) is 5.91 Å². The third-order valence-electron chi connectivity index (χ3n) is 6.04. The van der Waals surface area contributed by atoms with E-state index in [0.717, 1.165) is 36.3 Å². The molecule has 1 saturated heterocycles. The first-order valence-electron chi connectivity index (χ1n) is 11.3. The van der Waals surface area contributed by atoms with E-state index >= 15 is 0 Å². The van der Waals surface area contributed by atoms with Crippen LogP contribution in [0.1, 0.15) is 37.4 Å². The maximum Gasteiger partial charge on any atom is 0.243 e. The predicted molar refractivity (Wildman–Crippen MR) is 128 cm³/mol. The summed E-state index contributed by atoms with van der Waals surface area (Å²) in [6.07, 6.45) is 1.15. The molecule has 0 radical (unpaired) electrons. The number of ether oxygens (including phenoxy) is 1. The molecule has 170 valence electrons. The summed E-state index contributed by atoms with van der Waals surface area (Å²) >= 11 is 0. The van der Waals surface area contributed by atoms with Gasteiger partial charge in [0, 0.05) is 19.6 Å². The summed E-state index contributed by atoms with van der Waals surface area (Å²) in [4.78, 5) is 25.0. The summed E-state index contributed by atoms with van der Waals surface area (Å²) in [5.74, 6) is 0.957. The minimum Gasteiger partial charge on any atom is -0.497 e. The highest BCUT2D eigenvalue weighted by molar-refractivity contribution is 5.88. The predicted octanol–water partition coefficient (Wildman–Crippen LogP) is 4.04. The van der Waals surface area contributed by atoms with Crippen molar-refractivity contribution in [2.75, 3.05) is 25.1 Å². The number of rotatable bonds is 6. The Balaban J connectivity index is 1.64. The zero-order valence-electron chi connectivity index (χ0n) is 19.3. The molecule has 7 heteroatoms. The Hall–Kier alpha value is -3.66. The van der Waals surface area contributed by atoms with Crippen LogP contribution < -0.4 is 15.0 Å². The molecule has 4 rings (SSSR count). The fourth-order valence-electron chi connectivity index (χ4n) is 4.55. The highest BCUT2D eigenvalue weighted by Gasteiger charge is 2.31. The van der Waals surface area contributed by atoms with Gasteiger partial charge in [-0.2, -0.15) is 5.26 Å². The average molecular weight is 444 g/mol. The lowest BCUT2D eigenvalue weighted by Gasteiger charge is -2.36. The first-order valence-corrected chi connectivity index (χ1v) is 11.3. The molecule has 0 spiro atoms. The Morgan fingerprint density at radius 2 is 1.76 bits per heavy atom. The van der Waals surface area contributed by atoms with E-state index < -0.39 is 5.92 Å². The van der Waals surface area contributed by atoms with E-state index in [0.29, 0.717) is 35.4 Å². The number of hydrogen-bond acceptors (Lipinski definition) is 6. The first kappa shape index (κ1) is 22.5. The van der Waals surface area contributed by atoms with E-state index in [1.807, 2.05) is 48.5 Å². The van der Waals surface area contributed by atoms with Gasteiger partial charge in [0.2, 0.25) is 5.91 Å². The zero-order chi connectivity index (χ0) is 23.4. The number of para-hydroxylation sites is 2. The molecule has 0 aliphatic carbocycles. The molecule has 3 atom stereocenters. The largest absolute Gasteiger partial charge is 0.497 e. The van der Waals surface area contributed by atoms with Gasteiger partial charge in [-0.1, -0.05) is 38.1 Å². The van der Waals surface area contributed by atoms with Crippen LogP contribution in [0.3, 0.4) is 0 Å². The lowest BCUT2D eigenvalue weighted by Crippen LogP contribution is -2.40. The summed E-state index contributed by atoms with van der Waals surface area (Å²) in [7, 11) is 1.61. The number of nitrogens with zero attached hydrogens (tertiary/aromatic N) is 4. The summed E-state index contributed by atoms with van der Waals surface area (Å²) in [6.45, 7) is 6.42. The molecular formula is C26H29N5O2. The van der Waals surface area contributed by atoms with Crippen molar-refractivity contribution in [3.8, 4) is 11.8 Å². The fourth-order valence-corrected chi connectivity index (χ4v) is 4.55. The number of hydrogen-bond donors (Lipinski definition) is 1. The Morgan fingerprint density at radius 3 is 2.36 bits per heavy atom. The van der Waals surface area contributed by atoms with Gasteiger partial charge >= 0.3 is 0 Å². The Morgan fingerprint density at radius 1 is 1.12 bits per heavy atom. The standard InChI is InChI=1S/C26H29N5O2/c1-17-12-18(2)16-31(15-17)25-24(29-22-6-4-5-7-23(22)30-25)21(13-27)26(32)28-14-19-8-10-20(33-3)11-9-19/h4-11,17-18,21H,12,14-16H2,1-3H3,(H,28,32)/t17-,18+,21-/m0/s1. The van der Waals surface area contributed by atoms with Crippen molar-refractivity contribution in [2.45, 2.75) is 32.7 Å². The van der Waals surface area contributed by atoms with Crippen LogP contribution in [0.25, 0.3) is 11.0 Å². The van der Waals surface area contributed by atoms with Crippen LogP contribution in [0, 0.1) is 23.2 Å². The number of anilines is 1. The molecule has 0 saturated carbocycles. The Bertz CT molecular complexity index is 1160. The summed E-state index contributed by atoms with van der Waals surface area (Å²) < 4.78 is 5.18. The molecule has 1 aromatic heterocycles. The second-order valence-electron chi connectivity index (χ2n) is 8.90. The topological polar surface area (TPSA) is 91.1 Å². The molecule has 1 aliphatic rings.